The number of carbonyl (C=O) groups is 3. The van der Waals surface area contributed by atoms with Gasteiger partial charge in [0.25, 0.3) is 5.79 Å². The molecule has 35 heavy (non-hydrogen) atoms. The molecular weight excluding hydrogens is 480 g/mol. The number of nitrogens with one attached hydrogen (secondary N) is 2. The van der Waals surface area contributed by atoms with Crippen LogP contribution in [0.25, 0.3) is 0 Å². The minimum absolute atomic E-state index is 0.693. The third-order valence-corrected chi connectivity index (χ3v) is 5.74. The molecule has 2 heterocycles. The molecule has 0 saturated carbocycles. The number of aliphatic hydroxyl groups is 7. The first kappa shape index (κ1) is 29.2. The molecule has 2 saturated heterocycles. The molecule has 2 amide bonds. The molecule has 0 spiro atoms. The summed E-state index contributed by atoms with van der Waals surface area (Å²) in [5, 5.41) is 84.7. The second kappa shape index (κ2) is 11.8. The van der Waals surface area contributed by atoms with Gasteiger partial charge in [-0.25, -0.2) is 4.79 Å². The highest BCUT2D eigenvalue weighted by molar-refractivity contribution is 5.77. The van der Waals surface area contributed by atoms with E-state index in [4.69, 9.17) is 14.2 Å². The molecule has 202 valence electrons. The van der Waals surface area contributed by atoms with E-state index >= 15 is 0 Å². The molecule has 2 aliphatic heterocycles. The minimum atomic E-state index is -2.85. The largest absolute Gasteiger partial charge is 0.477 e. The molecule has 0 aromatic rings. The molecule has 2 rings (SSSR count). The topological polar surface area (TPSA) is 265 Å². The average Bonchev–Trinajstić information content (AvgIpc) is 2.78. The number of carbonyl (C=O) groups excluding carboxylic acids is 2. The molecule has 0 aliphatic carbocycles. The Hall–Kier alpha value is -1.99. The quantitative estimate of drug-likeness (QED) is 0.138. The van der Waals surface area contributed by atoms with E-state index in [1.54, 1.807) is 0 Å². The van der Waals surface area contributed by atoms with Gasteiger partial charge in [-0.1, -0.05) is 0 Å². The van der Waals surface area contributed by atoms with Crippen molar-refractivity contribution in [1.82, 2.24) is 10.6 Å². The number of hydrogen-bond donors (Lipinski definition) is 10. The first-order chi connectivity index (χ1) is 16.3. The summed E-state index contributed by atoms with van der Waals surface area (Å²) in [6.07, 6.45) is -15.2. The number of rotatable bonds is 9. The van der Waals surface area contributed by atoms with Crippen molar-refractivity contribution < 1.29 is 69.4 Å². The third-order valence-electron chi connectivity index (χ3n) is 5.74. The number of carboxylic acid groups (broad SMARTS) is 1. The zero-order chi connectivity index (χ0) is 26.7. The maximum Gasteiger partial charge on any atom is 0.364 e. The van der Waals surface area contributed by atoms with Crippen LogP contribution in [0.4, 0.5) is 0 Å². The van der Waals surface area contributed by atoms with Gasteiger partial charge >= 0.3 is 5.97 Å². The highest BCUT2D eigenvalue weighted by atomic mass is 16.8. The van der Waals surface area contributed by atoms with Crippen molar-refractivity contribution in [3.63, 3.8) is 0 Å². The molecule has 10 N–H and O–H groups in total. The molecule has 16 heteroatoms. The molecule has 0 aromatic carbocycles. The highest BCUT2D eigenvalue weighted by Gasteiger charge is 2.59. The minimum Gasteiger partial charge on any atom is -0.477 e. The molecule has 0 radical (unpaired) electrons. The Morgan fingerprint density at radius 2 is 1.60 bits per heavy atom. The second-order valence-corrected chi connectivity index (χ2v) is 8.43. The summed E-state index contributed by atoms with van der Waals surface area (Å²) in [4.78, 5) is 35.6. The predicted octanol–water partition coefficient (Wildman–Crippen LogP) is -5.90. The second-order valence-electron chi connectivity index (χ2n) is 8.43. The zero-order valence-electron chi connectivity index (χ0n) is 18.9. The van der Waals surface area contributed by atoms with Gasteiger partial charge in [0.05, 0.1) is 25.4 Å². The van der Waals surface area contributed by atoms with Crippen molar-refractivity contribution in [2.45, 2.75) is 87.2 Å². The van der Waals surface area contributed by atoms with Crippen LogP contribution in [0.15, 0.2) is 0 Å². The number of aliphatic carboxylic acids is 1. The summed E-state index contributed by atoms with van der Waals surface area (Å²) in [7, 11) is 0. The lowest BCUT2D eigenvalue weighted by atomic mass is 9.88. The molecular formula is C19H32N2O14. The number of ether oxygens (including phenoxy) is 3. The zero-order valence-corrected chi connectivity index (χ0v) is 18.9. The fourth-order valence-corrected chi connectivity index (χ4v) is 4.01. The molecule has 11 atom stereocenters. The first-order valence-electron chi connectivity index (χ1n) is 10.7. The van der Waals surface area contributed by atoms with Crippen molar-refractivity contribution in [2.75, 3.05) is 13.2 Å². The molecule has 0 unspecified atom stereocenters. The Morgan fingerprint density at radius 3 is 2.09 bits per heavy atom. The van der Waals surface area contributed by atoms with E-state index in [1.807, 2.05) is 0 Å². The van der Waals surface area contributed by atoms with E-state index in [2.05, 4.69) is 10.6 Å². The Labute approximate surface area is 199 Å². The summed E-state index contributed by atoms with van der Waals surface area (Å²) in [6, 6.07) is -3.02. The van der Waals surface area contributed by atoms with Gasteiger partial charge in [-0.2, -0.15) is 0 Å². The van der Waals surface area contributed by atoms with Crippen molar-refractivity contribution in [3.8, 4) is 0 Å². The van der Waals surface area contributed by atoms with Crippen LogP contribution in [0.5, 0.6) is 0 Å². The number of carboxylic acids is 1. The Balaban J connectivity index is 2.47. The van der Waals surface area contributed by atoms with E-state index in [0.717, 1.165) is 13.8 Å². The smallest absolute Gasteiger partial charge is 0.364 e. The Morgan fingerprint density at radius 1 is 1.03 bits per heavy atom. The monoisotopic (exact) mass is 512 g/mol. The van der Waals surface area contributed by atoms with Crippen LogP contribution in [0.2, 0.25) is 0 Å². The lowest BCUT2D eigenvalue weighted by Gasteiger charge is -2.49. The Kier molecular flexibility index (Phi) is 9.88. The van der Waals surface area contributed by atoms with E-state index in [1.165, 1.54) is 0 Å². The lowest BCUT2D eigenvalue weighted by Crippen LogP contribution is -2.71. The van der Waals surface area contributed by atoms with Gasteiger partial charge in [-0.3, -0.25) is 9.59 Å². The summed E-state index contributed by atoms with van der Waals surface area (Å²) < 4.78 is 16.3. The van der Waals surface area contributed by atoms with Gasteiger partial charge in [0.1, 0.15) is 42.7 Å². The molecule has 2 fully saturated rings. The van der Waals surface area contributed by atoms with E-state index in [0.29, 0.717) is 0 Å². The van der Waals surface area contributed by atoms with Crippen molar-refractivity contribution in [1.29, 1.82) is 0 Å². The summed E-state index contributed by atoms with van der Waals surface area (Å²) in [6.45, 7) is 0.319. The molecule has 2 aliphatic rings. The van der Waals surface area contributed by atoms with Gasteiger partial charge in [0.2, 0.25) is 11.8 Å². The van der Waals surface area contributed by atoms with Crippen molar-refractivity contribution >= 4 is 17.8 Å². The van der Waals surface area contributed by atoms with Crippen LogP contribution in [0.3, 0.4) is 0 Å². The van der Waals surface area contributed by atoms with Crippen LogP contribution in [-0.4, -0.2) is 139 Å². The summed E-state index contributed by atoms with van der Waals surface area (Å²) in [5.74, 6) is -6.13. The fourth-order valence-electron chi connectivity index (χ4n) is 4.01. The SMILES string of the molecule is CC(=O)N[C@H]1[C@@H](O[C@]2(C(=O)O)C[C@H](O)[C@@H](NC(C)=O)[C@H]([C@H](O)[C@H](O)CO)O2)O[C@H](CO)[C@H](O)[C@@H]1O. The normalized spacial score (nSPS) is 39.3. The maximum absolute atomic E-state index is 12.3. The molecule has 16 nitrogen and oxygen atoms in total. The van der Waals surface area contributed by atoms with Crippen LogP contribution >= 0.6 is 0 Å². The van der Waals surface area contributed by atoms with Crippen LogP contribution in [0.1, 0.15) is 20.3 Å². The van der Waals surface area contributed by atoms with Crippen molar-refractivity contribution in [3.05, 3.63) is 0 Å². The Bertz CT molecular complexity index is 770. The van der Waals surface area contributed by atoms with Crippen LogP contribution < -0.4 is 10.6 Å². The van der Waals surface area contributed by atoms with E-state index < -0.39 is 104 Å². The standard InChI is InChI=1S/C19H32N2O14/c1-6(24)20-11-8(26)3-19(18(31)32,34-16(11)13(28)9(27)4-22)35-17-12(21-7(2)25)15(30)14(29)10(5-23)33-17/h8-17,22-23,26-30H,3-5H2,1-2H3,(H,20,24)(H,21,25)(H,31,32)/t8-,9+,10+,11+,12+,13+,14-,15+,16+,17+,19-/m0/s1. The number of amides is 2. The van der Waals surface area contributed by atoms with Gasteiger partial charge in [0.15, 0.2) is 6.29 Å². The van der Waals surface area contributed by atoms with Crippen molar-refractivity contribution in [2.24, 2.45) is 0 Å². The lowest BCUT2D eigenvalue weighted by molar-refractivity contribution is -0.375. The molecule has 0 bridgehead atoms. The van der Waals surface area contributed by atoms with Crippen LogP contribution in [-0.2, 0) is 28.6 Å². The molecule has 0 aromatic heterocycles. The van der Waals surface area contributed by atoms with Gasteiger partial charge in [-0.05, 0) is 0 Å². The number of hydrogen-bond acceptors (Lipinski definition) is 13. The van der Waals surface area contributed by atoms with Gasteiger partial charge in [0, 0.05) is 20.3 Å². The predicted molar refractivity (Wildman–Crippen MR) is 109 cm³/mol. The highest BCUT2D eigenvalue weighted by Crippen LogP contribution is 2.36. The van der Waals surface area contributed by atoms with Crippen LogP contribution in [0, 0.1) is 0 Å². The average molecular weight is 512 g/mol. The summed E-state index contributed by atoms with van der Waals surface area (Å²) in [5.41, 5.74) is 0. The summed E-state index contributed by atoms with van der Waals surface area (Å²) >= 11 is 0. The third kappa shape index (κ3) is 6.42. The first-order valence-corrected chi connectivity index (χ1v) is 10.7. The van der Waals surface area contributed by atoms with E-state index in [9.17, 15) is 55.2 Å². The van der Waals surface area contributed by atoms with E-state index in [-0.39, 0.29) is 0 Å². The van der Waals surface area contributed by atoms with Gasteiger partial charge < -0.3 is 65.7 Å². The number of aliphatic hydroxyl groups excluding tert-OH is 7. The fraction of sp³-hybridized carbons (Fsp3) is 0.842. The maximum atomic E-state index is 12.3. The van der Waals surface area contributed by atoms with Gasteiger partial charge in [-0.15, -0.1) is 0 Å².